The number of aliphatic hydroxyl groups excluding tert-OH is 1. The van der Waals surface area contributed by atoms with Crippen LogP contribution in [0.3, 0.4) is 0 Å². The van der Waals surface area contributed by atoms with E-state index in [1.807, 2.05) is 11.9 Å². The average Bonchev–Trinajstić information content (AvgIpc) is 3.32. The first kappa shape index (κ1) is 18.6. The highest BCUT2D eigenvalue weighted by molar-refractivity contribution is 5.77. The maximum absolute atomic E-state index is 14.0. The van der Waals surface area contributed by atoms with Crippen molar-refractivity contribution in [2.24, 2.45) is 13.0 Å². The predicted molar refractivity (Wildman–Crippen MR) is 106 cm³/mol. The monoisotopic (exact) mass is 398 g/mol. The van der Waals surface area contributed by atoms with Crippen LogP contribution < -0.4 is 0 Å². The van der Waals surface area contributed by atoms with Gasteiger partial charge in [0.2, 0.25) is 5.91 Å². The number of nitrogens with zero attached hydrogens (tertiary/aromatic N) is 4. The number of carbonyl (C=O) groups excluding carboxylic acids is 1. The van der Waals surface area contributed by atoms with Crippen molar-refractivity contribution in [3.8, 4) is 0 Å². The van der Waals surface area contributed by atoms with Gasteiger partial charge in [-0.25, -0.2) is 4.39 Å². The Morgan fingerprint density at radius 3 is 3.07 bits per heavy atom. The Morgan fingerprint density at radius 2 is 2.24 bits per heavy atom. The number of aliphatic hydroxyl groups is 1. The predicted octanol–water partition coefficient (Wildman–Crippen LogP) is 2.91. The number of amides is 1. The third-order valence-corrected chi connectivity index (χ3v) is 6.86. The highest BCUT2D eigenvalue weighted by atomic mass is 19.1. The molecule has 1 aromatic rings. The van der Waals surface area contributed by atoms with Gasteiger partial charge in [-0.05, 0) is 49.3 Å². The lowest BCUT2D eigenvalue weighted by Gasteiger charge is -2.41. The van der Waals surface area contributed by atoms with Crippen LogP contribution in [0.2, 0.25) is 0 Å². The van der Waals surface area contributed by atoms with Gasteiger partial charge >= 0.3 is 0 Å². The summed E-state index contributed by atoms with van der Waals surface area (Å²) >= 11 is 0. The summed E-state index contributed by atoms with van der Waals surface area (Å²) in [5.74, 6) is 0.292. The number of allylic oxidation sites excluding steroid dienone is 5. The third kappa shape index (κ3) is 3.12. The Labute approximate surface area is 170 Å². The molecule has 3 heterocycles. The lowest BCUT2D eigenvalue weighted by molar-refractivity contribution is -0.131. The molecule has 7 heteroatoms. The summed E-state index contributed by atoms with van der Waals surface area (Å²) in [5.41, 5.74) is 3.81. The Bertz CT molecular complexity index is 931. The van der Waals surface area contributed by atoms with E-state index in [1.165, 1.54) is 24.5 Å². The molecule has 1 saturated heterocycles. The van der Waals surface area contributed by atoms with Gasteiger partial charge in [-0.3, -0.25) is 9.48 Å². The van der Waals surface area contributed by atoms with Gasteiger partial charge in [-0.1, -0.05) is 6.08 Å². The first-order valence-electron chi connectivity index (χ1n) is 10.5. The number of rotatable bonds is 3. The number of hydrogen-bond acceptors (Lipinski definition) is 4. The van der Waals surface area contributed by atoms with Crippen LogP contribution in [-0.4, -0.2) is 50.2 Å². The Kier molecular flexibility index (Phi) is 4.57. The Balaban J connectivity index is 1.34. The minimum absolute atomic E-state index is 0.0460. The summed E-state index contributed by atoms with van der Waals surface area (Å²) in [5, 5.41) is 15.3. The molecule has 3 atom stereocenters. The molecule has 154 valence electrons. The molecule has 1 fully saturated rings. The van der Waals surface area contributed by atoms with E-state index < -0.39 is 6.23 Å². The standard InChI is InChI=1S/C22H27FN4O2/c1-25-21-17-7-6-16(23)10-19(17)27(22(29)18(21)11-24-25)9-8-20(28)26-12-14-4-2-3-5-15(14)13-26/h4,6,10-11,15,17,22,29H,2-3,5,7-9,12-13H2,1H3. The van der Waals surface area contributed by atoms with E-state index >= 15 is 0 Å². The summed E-state index contributed by atoms with van der Waals surface area (Å²) in [6.07, 6.45) is 10.5. The smallest absolute Gasteiger partial charge is 0.224 e. The van der Waals surface area contributed by atoms with Gasteiger partial charge in [0.1, 0.15) is 5.83 Å². The van der Waals surface area contributed by atoms with Gasteiger partial charge in [0, 0.05) is 50.3 Å². The number of halogens is 1. The molecule has 2 aliphatic carbocycles. The number of fused-ring (bicyclic) bond motifs is 4. The highest BCUT2D eigenvalue weighted by Crippen LogP contribution is 2.45. The fourth-order valence-corrected chi connectivity index (χ4v) is 5.36. The fraction of sp³-hybridized carbons (Fsp3) is 0.545. The highest BCUT2D eigenvalue weighted by Gasteiger charge is 2.39. The maximum atomic E-state index is 14.0. The first-order chi connectivity index (χ1) is 14.0. The molecule has 0 bridgehead atoms. The van der Waals surface area contributed by atoms with Crippen molar-refractivity contribution >= 4 is 5.91 Å². The molecule has 3 unspecified atom stereocenters. The zero-order valence-corrected chi connectivity index (χ0v) is 16.7. The van der Waals surface area contributed by atoms with Crippen molar-refractivity contribution in [3.63, 3.8) is 0 Å². The molecular formula is C22H27FN4O2. The molecule has 1 amide bonds. The van der Waals surface area contributed by atoms with Crippen LogP contribution in [0, 0.1) is 5.92 Å². The van der Waals surface area contributed by atoms with Crippen molar-refractivity contribution in [1.82, 2.24) is 19.6 Å². The number of aryl methyl sites for hydroxylation is 1. The van der Waals surface area contributed by atoms with Crippen LogP contribution in [-0.2, 0) is 11.8 Å². The van der Waals surface area contributed by atoms with E-state index in [-0.39, 0.29) is 17.7 Å². The molecule has 4 aliphatic rings. The molecule has 0 aromatic carbocycles. The van der Waals surface area contributed by atoms with Gasteiger partial charge in [0.25, 0.3) is 0 Å². The SMILES string of the molecule is Cn1ncc2c1C1CC=C(F)C=C1N(CCC(=O)N1CC3=CCCCC3C1)C2O. The van der Waals surface area contributed by atoms with E-state index in [4.69, 9.17) is 0 Å². The normalized spacial score (nSPS) is 28.2. The van der Waals surface area contributed by atoms with Crippen molar-refractivity contribution in [3.05, 3.63) is 52.8 Å². The van der Waals surface area contributed by atoms with Gasteiger partial charge in [-0.2, -0.15) is 5.10 Å². The molecule has 6 nitrogen and oxygen atoms in total. The second-order valence-corrected chi connectivity index (χ2v) is 8.55. The molecule has 29 heavy (non-hydrogen) atoms. The second kappa shape index (κ2) is 7.13. The Hall–Kier alpha value is -2.41. The van der Waals surface area contributed by atoms with Gasteiger partial charge < -0.3 is 14.9 Å². The summed E-state index contributed by atoms with van der Waals surface area (Å²) in [7, 11) is 1.85. The zero-order chi connectivity index (χ0) is 20.1. The van der Waals surface area contributed by atoms with Crippen LogP contribution in [0.25, 0.3) is 0 Å². The second-order valence-electron chi connectivity index (χ2n) is 8.55. The molecule has 0 saturated carbocycles. The van der Waals surface area contributed by atoms with E-state index in [2.05, 4.69) is 11.2 Å². The quantitative estimate of drug-likeness (QED) is 0.796. The molecule has 2 aliphatic heterocycles. The van der Waals surface area contributed by atoms with Crippen LogP contribution in [0.1, 0.15) is 55.5 Å². The molecule has 0 radical (unpaired) electrons. The molecular weight excluding hydrogens is 371 g/mol. The van der Waals surface area contributed by atoms with Crippen molar-refractivity contribution in [2.75, 3.05) is 19.6 Å². The summed E-state index contributed by atoms with van der Waals surface area (Å²) in [4.78, 5) is 16.6. The van der Waals surface area contributed by atoms with Crippen molar-refractivity contribution < 1.29 is 14.3 Å². The minimum atomic E-state index is -0.913. The van der Waals surface area contributed by atoms with Crippen molar-refractivity contribution in [1.29, 1.82) is 0 Å². The van der Waals surface area contributed by atoms with E-state index in [0.29, 0.717) is 25.3 Å². The van der Waals surface area contributed by atoms with Crippen LogP contribution in [0.5, 0.6) is 0 Å². The molecule has 5 rings (SSSR count). The van der Waals surface area contributed by atoms with Gasteiger partial charge in [0.15, 0.2) is 6.23 Å². The first-order valence-corrected chi connectivity index (χ1v) is 10.5. The largest absolute Gasteiger partial charge is 0.369 e. The van der Waals surface area contributed by atoms with Crippen LogP contribution >= 0.6 is 0 Å². The summed E-state index contributed by atoms with van der Waals surface area (Å²) in [6.45, 7) is 1.91. The fourth-order valence-electron chi connectivity index (χ4n) is 5.36. The number of aromatic nitrogens is 2. The lowest BCUT2D eigenvalue weighted by Crippen LogP contribution is -2.40. The summed E-state index contributed by atoms with van der Waals surface area (Å²) in [6, 6.07) is 0. The molecule has 1 N–H and O–H groups in total. The number of likely N-dealkylation sites (tertiary alicyclic amines) is 1. The third-order valence-electron chi connectivity index (χ3n) is 6.86. The minimum Gasteiger partial charge on any atom is -0.369 e. The number of hydrogen-bond donors (Lipinski definition) is 1. The van der Waals surface area contributed by atoms with Crippen molar-refractivity contribution in [2.45, 2.75) is 44.2 Å². The maximum Gasteiger partial charge on any atom is 0.224 e. The Morgan fingerprint density at radius 1 is 1.38 bits per heavy atom. The van der Waals surface area contributed by atoms with E-state index in [9.17, 15) is 14.3 Å². The zero-order valence-electron chi connectivity index (χ0n) is 16.7. The van der Waals surface area contributed by atoms with Crippen LogP contribution in [0.4, 0.5) is 4.39 Å². The van der Waals surface area contributed by atoms with E-state index in [1.54, 1.807) is 21.9 Å². The topological polar surface area (TPSA) is 61.6 Å². The molecule has 1 aromatic heterocycles. The number of carbonyl (C=O) groups is 1. The van der Waals surface area contributed by atoms with E-state index in [0.717, 1.165) is 36.5 Å². The lowest BCUT2D eigenvalue weighted by atomic mass is 9.85. The summed E-state index contributed by atoms with van der Waals surface area (Å²) < 4.78 is 15.8. The van der Waals surface area contributed by atoms with Gasteiger partial charge in [0.05, 0.1) is 11.9 Å². The molecule has 0 spiro atoms. The van der Waals surface area contributed by atoms with Gasteiger partial charge in [-0.15, -0.1) is 0 Å². The van der Waals surface area contributed by atoms with Crippen LogP contribution in [0.15, 0.2) is 41.5 Å². The average molecular weight is 398 g/mol.